The molecule has 4 amide bonds. The van der Waals surface area contributed by atoms with E-state index < -0.39 is 71.4 Å². The van der Waals surface area contributed by atoms with Gasteiger partial charge in [-0.05, 0) is 45.4 Å². The third kappa shape index (κ3) is 13.7. The van der Waals surface area contributed by atoms with Gasteiger partial charge < -0.3 is 40.7 Å². The predicted molar refractivity (Wildman–Crippen MR) is 141 cm³/mol. The topological polar surface area (TPSA) is 197 Å². The fourth-order valence-corrected chi connectivity index (χ4v) is 3.44. The van der Waals surface area contributed by atoms with Crippen LogP contribution in [0.25, 0.3) is 0 Å². The van der Waals surface area contributed by atoms with E-state index >= 15 is 0 Å². The maximum Gasteiger partial charge on any atom is 0.408 e. The third-order valence-electron chi connectivity index (χ3n) is 5.81. The molecule has 0 spiro atoms. The Kier molecular flexibility index (Phi) is 15.6. The molecule has 0 rings (SSSR count). The van der Waals surface area contributed by atoms with Crippen molar-refractivity contribution >= 4 is 42.4 Å². The van der Waals surface area contributed by atoms with Crippen LogP contribution >= 0.6 is 0 Å². The zero-order chi connectivity index (χ0) is 30.3. The van der Waals surface area contributed by atoms with Crippen LogP contribution in [-0.2, 0) is 33.5 Å². The largest absolute Gasteiger partial charge is 0.480 e. The molecule has 0 heterocycles. The number of aliphatic carboxylic acids is 1. The molecule has 0 aliphatic carbocycles. The smallest absolute Gasteiger partial charge is 0.408 e. The van der Waals surface area contributed by atoms with Crippen LogP contribution in [0.5, 0.6) is 0 Å². The Morgan fingerprint density at radius 3 is 1.64 bits per heavy atom. The van der Waals surface area contributed by atoms with E-state index in [1.54, 1.807) is 48.5 Å². The Labute approximate surface area is 229 Å². The number of aldehydes is 2. The van der Waals surface area contributed by atoms with Crippen molar-refractivity contribution in [3.8, 4) is 0 Å². The van der Waals surface area contributed by atoms with Crippen LogP contribution in [0.4, 0.5) is 4.79 Å². The van der Waals surface area contributed by atoms with E-state index in [-0.39, 0.29) is 25.7 Å². The van der Waals surface area contributed by atoms with Crippen LogP contribution in [0.1, 0.15) is 80.6 Å². The van der Waals surface area contributed by atoms with Gasteiger partial charge in [0.1, 0.15) is 42.3 Å². The van der Waals surface area contributed by atoms with Crippen molar-refractivity contribution in [3.05, 3.63) is 0 Å². The van der Waals surface area contributed by atoms with Gasteiger partial charge in [-0.1, -0.05) is 34.1 Å². The summed E-state index contributed by atoms with van der Waals surface area (Å²) in [5.74, 6) is -4.29. The molecule has 0 bridgehead atoms. The first-order valence-corrected chi connectivity index (χ1v) is 13.1. The highest BCUT2D eigenvalue weighted by Crippen LogP contribution is 2.12. The van der Waals surface area contributed by atoms with Crippen LogP contribution in [0.2, 0.25) is 0 Å². The minimum Gasteiger partial charge on any atom is -0.480 e. The second-order valence-corrected chi connectivity index (χ2v) is 10.7. The fraction of sp³-hybridized carbons (Fsp3) is 0.731. The molecule has 5 unspecified atom stereocenters. The molecule has 0 fully saturated rings. The van der Waals surface area contributed by atoms with Crippen molar-refractivity contribution in [3.63, 3.8) is 0 Å². The lowest BCUT2D eigenvalue weighted by Crippen LogP contribution is -2.59. The van der Waals surface area contributed by atoms with Crippen LogP contribution in [-0.4, -0.2) is 77.2 Å². The fourth-order valence-electron chi connectivity index (χ4n) is 3.44. The van der Waals surface area contributed by atoms with Gasteiger partial charge in [-0.3, -0.25) is 14.4 Å². The quantitative estimate of drug-likeness (QED) is 0.163. The van der Waals surface area contributed by atoms with E-state index in [0.717, 1.165) is 0 Å². The lowest BCUT2D eigenvalue weighted by Gasteiger charge is -2.29. The van der Waals surface area contributed by atoms with Gasteiger partial charge in [-0.25, -0.2) is 9.59 Å². The number of carbonyl (C=O) groups excluding carboxylic acids is 6. The Morgan fingerprint density at radius 2 is 1.23 bits per heavy atom. The highest BCUT2D eigenvalue weighted by atomic mass is 16.6. The lowest BCUT2D eigenvalue weighted by atomic mass is 9.96. The van der Waals surface area contributed by atoms with E-state index in [9.17, 15) is 38.7 Å². The predicted octanol–water partition coefficient (Wildman–Crippen LogP) is 1.08. The molecule has 0 saturated carbocycles. The summed E-state index contributed by atoms with van der Waals surface area (Å²) >= 11 is 0. The zero-order valence-corrected chi connectivity index (χ0v) is 23.9. The van der Waals surface area contributed by atoms with E-state index in [0.29, 0.717) is 19.0 Å². The maximum atomic E-state index is 13.2. The molecule has 0 aromatic carbocycles. The molecular formula is C26H44N4O9. The maximum absolute atomic E-state index is 13.2. The summed E-state index contributed by atoms with van der Waals surface area (Å²) in [7, 11) is 0. The minimum absolute atomic E-state index is 0.0596. The summed E-state index contributed by atoms with van der Waals surface area (Å²) in [6.45, 7) is 11.7. The molecule has 0 aromatic heterocycles. The number of hydrogen-bond acceptors (Lipinski definition) is 8. The summed E-state index contributed by atoms with van der Waals surface area (Å²) in [4.78, 5) is 84.9. The van der Waals surface area contributed by atoms with Crippen LogP contribution < -0.4 is 21.3 Å². The number of ether oxygens (including phenoxy) is 1. The third-order valence-corrected chi connectivity index (χ3v) is 5.81. The van der Waals surface area contributed by atoms with E-state index in [1.165, 1.54) is 0 Å². The standard InChI is InChI=1S/C26H44N4O9/c1-8-16(4)20(23(35)29-19(15(2)3)24(36)37)30-22(34)17(11-9-13-31)27-21(33)18(12-10-14-32)28-25(38)39-26(5,6)7/h13-20H,8-12H2,1-7H3,(H,27,33)(H,28,38)(H,29,35)(H,30,34)(H,36,37). The van der Waals surface area contributed by atoms with E-state index in [2.05, 4.69) is 21.3 Å². The first kappa shape index (κ1) is 35.5. The van der Waals surface area contributed by atoms with Crippen molar-refractivity contribution in [1.82, 2.24) is 21.3 Å². The first-order valence-electron chi connectivity index (χ1n) is 13.1. The number of carboxylic acids is 1. The molecule has 0 aromatic rings. The summed E-state index contributed by atoms with van der Waals surface area (Å²) in [5, 5.41) is 19.3. The SMILES string of the molecule is CCC(C)C(NC(=O)C(CCC=O)NC(=O)C(CCC=O)NC(=O)OC(C)(C)C)C(=O)NC(C(=O)O)C(C)C. The van der Waals surface area contributed by atoms with Gasteiger partial charge in [-0.15, -0.1) is 0 Å². The van der Waals surface area contributed by atoms with Crippen LogP contribution in [0.3, 0.4) is 0 Å². The molecule has 0 radical (unpaired) electrons. The minimum atomic E-state index is -1.26. The van der Waals surface area contributed by atoms with Crippen LogP contribution in [0, 0.1) is 11.8 Å². The Bertz CT molecular complexity index is 870. The molecule has 0 aliphatic heterocycles. The van der Waals surface area contributed by atoms with Gasteiger partial charge in [0.2, 0.25) is 17.7 Å². The van der Waals surface area contributed by atoms with Gasteiger partial charge in [-0.2, -0.15) is 0 Å². The average Bonchev–Trinajstić information content (AvgIpc) is 2.83. The summed E-state index contributed by atoms with van der Waals surface area (Å²) in [6, 6.07) is -4.78. The summed E-state index contributed by atoms with van der Waals surface area (Å²) < 4.78 is 5.17. The molecular weight excluding hydrogens is 512 g/mol. The Morgan fingerprint density at radius 1 is 0.769 bits per heavy atom. The van der Waals surface area contributed by atoms with Crippen molar-refractivity contribution in [2.75, 3.05) is 0 Å². The van der Waals surface area contributed by atoms with Crippen molar-refractivity contribution < 1.29 is 43.4 Å². The normalized spacial score (nSPS) is 15.1. The van der Waals surface area contributed by atoms with Gasteiger partial charge >= 0.3 is 12.1 Å². The summed E-state index contributed by atoms with van der Waals surface area (Å²) in [5.41, 5.74) is -0.844. The molecule has 39 heavy (non-hydrogen) atoms. The molecule has 0 saturated heterocycles. The van der Waals surface area contributed by atoms with E-state index in [1.807, 2.05) is 0 Å². The van der Waals surface area contributed by atoms with Crippen LogP contribution in [0.15, 0.2) is 0 Å². The van der Waals surface area contributed by atoms with Crippen molar-refractivity contribution in [2.24, 2.45) is 11.8 Å². The van der Waals surface area contributed by atoms with Gasteiger partial charge in [0.15, 0.2) is 0 Å². The monoisotopic (exact) mass is 556 g/mol. The molecule has 13 heteroatoms. The van der Waals surface area contributed by atoms with Gasteiger partial charge in [0.25, 0.3) is 0 Å². The summed E-state index contributed by atoms with van der Waals surface area (Å²) in [6.07, 6.45) is 0.387. The number of hydrogen-bond donors (Lipinski definition) is 5. The number of carboxylic acid groups (broad SMARTS) is 1. The second-order valence-electron chi connectivity index (χ2n) is 10.7. The Hall–Kier alpha value is -3.51. The number of alkyl carbamates (subject to hydrolysis) is 1. The number of rotatable bonds is 17. The van der Waals surface area contributed by atoms with Crippen molar-refractivity contribution in [2.45, 2.75) is 110 Å². The van der Waals surface area contributed by atoms with Gasteiger partial charge in [0, 0.05) is 12.8 Å². The number of amides is 4. The second kappa shape index (κ2) is 17.2. The van der Waals surface area contributed by atoms with Gasteiger partial charge in [0.05, 0.1) is 0 Å². The lowest BCUT2D eigenvalue weighted by molar-refractivity contribution is -0.144. The molecule has 5 N–H and O–H groups in total. The first-order chi connectivity index (χ1) is 18.1. The molecule has 0 aliphatic rings. The zero-order valence-electron chi connectivity index (χ0n) is 23.9. The number of carbonyl (C=O) groups is 7. The molecule has 222 valence electrons. The highest BCUT2D eigenvalue weighted by Gasteiger charge is 2.34. The highest BCUT2D eigenvalue weighted by molar-refractivity contribution is 5.95. The molecule has 13 nitrogen and oxygen atoms in total. The average molecular weight is 557 g/mol. The van der Waals surface area contributed by atoms with E-state index in [4.69, 9.17) is 4.74 Å². The Balaban J connectivity index is 5.82. The molecule has 5 atom stereocenters. The number of nitrogens with one attached hydrogen (secondary N) is 4. The van der Waals surface area contributed by atoms with Crippen molar-refractivity contribution in [1.29, 1.82) is 0 Å².